The van der Waals surface area contributed by atoms with Crippen LogP contribution in [0.1, 0.15) is 28.9 Å². The lowest BCUT2D eigenvalue weighted by Crippen LogP contribution is -2.00. The molecule has 1 aromatic carbocycles. The van der Waals surface area contributed by atoms with E-state index in [1.165, 1.54) is 0 Å². The van der Waals surface area contributed by atoms with E-state index in [9.17, 15) is 4.79 Å². The first-order valence-corrected chi connectivity index (χ1v) is 3.42. The normalized spacial score (nSPS) is 8.83. The van der Waals surface area contributed by atoms with Gasteiger partial charge in [-0.2, -0.15) is 0 Å². The molecule has 0 bridgehead atoms. The molecule has 0 aliphatic carbocycles. The van der Waals surface area contributed by atoms with E-state index >= 15 is 0 Å². The van der Waals surface area contributed by atoms with E-state index in [-0.39, 0.29) is 7.43 Å². The zero-order valence-electron chi connectivity index (χ0n) is 6.59. The summed E-state index contributed by atoms with van der Waals surface area (Å²) in [6, 6.07) is 5.28. The van der Waals surface area contributed by atoms with Crippen molar-refractivity contribution in [3.05, 3.63) is 34.9 Å². The van der Waals surface area contributed by atoms with E-state index in [2.05, 4.69) is 0 Å². The zero-order valence-corrected chi connectivity index (χ0v) is 6.59. The smallest absolute Gasteiger partial charge is 0.335 e. The first kappa shape index (κ1) is 10.7. The molecule has 0 heterocycles. The van der Waals surface area contributed by atoms with Gasteiger partial charge in [-0.15, -0.1) is 0 Å². The fourth-order valence-corrected chi connectivity index (χ4v) is 0.983. The van der Waals surface area contributed by atoms with Crippen molar-refractivity contribution < 1.29 is 9.90 Å². The van der Waals surface area contributed by atoms with Crippen LogP contribution in [-0.2, 0) is 0 Å². The number of aromatic carboxylic acids is 1. The standard InChI is InChI=1S/C9H10O2.CH4/c1-6-4-3-5-8(7(6)2)9(10)11;/h3-5H,1-2H3,(H,10,11);1H4. The Balaban J connectivity index is 0.00000121. The average molecular weight is 166 g/mol. The van der Waals surface area contributed by atoms with Crippen molar-refractivity contribution in [2.75, 3.05) is 0 Å². The predicted octanol–water partition coefficient (Wildman–Crippen LogP) is 2.64. The molecule has 2 heteroatoms. The molecule has 12 heavy (non-hydrogen) atoms. The van der Waals surface area contributed by atoms with Crippen LogP contribution < -0.4 is 0 Å². The SMILES string of the molecule is C.Cc1cccc(C(=O)O)c1C. The van der Waals surface area contributed by atoms with Gasteiger partial charge in [-0.3, -0.25) is 0 Å². The van der Waals surface area contributed by atoms with Gasteiger partial charge in [-0.1, -0.05) is 19.6 Å². The Morgan fingerprint density at radius 3 is 2.33 bits per heavy atom. The van der Waals surface area contributed by atoms with Gasteiger partial charge in [0, 0.05) is 0 Å². The van der Waals surface area contributed by atoms with Crippen molar-refractivity contribution in [1.82, 2.24) is 0 Å². The lowest BCUT2D eigenvalue weighted by molar-refractivity contribution is 0.0696. The minimum Gasteiger partial charge on any atom is -0.478 e. The largest absolute Gasteiger partial charge is 0.478 e. The Morgan fingerprint density at radius 1 is 1.33 bits per heavy atom. The van der Waals surface area contributed by atoms with Crippen LogP contribution in [0.25, 0.3) is 0 Å². The van der Waals surface area contributed by atoms with Gasteiger partial charge < -0.3 is 5.11 Å². The van der Waals surface area contributed by atoms with Crippen LogP contribution in [0.3, 0.4) is 0 Å². The third-order valence-electron chi connectivity index (χ3n) is 1.84. The van der Waals surface area contributed by atoms with Gasteiger partial charge in [0.2, 0.25) is 0 Å². The number of hydrogen-bond donors (Lipinski definition) is 1. The molecular formula is C10H14O2. The fraction of sp³-hybridized carbons (Fsp3) is 0.300. The highest BCUT2D eigenvalue weighted by Gasteiger charge is 2.06. The van der Waals surface area contributed by atoms with Gasteiger partial charge in [-0.05, 0) is 31.0 Å². The van der Waals surface area contributed by atoms with Gasteiger partial charge >= 0.3 is 5.97 Å². The molecule has 1 N–H and O–H groups in total. The van der Waals surface area contributed by atoms with Crippen LogP contribution in [0.2, 0.25) is 0 Å². The van der Waals surface area contributed by atoms with Crippen LogP contribution >= 0.6 is 0 Å². The second-order valence-corrected chi connectivity index (χ2v) is 2.55. The average Bonchev–Trinajstić information content (AvgIpc) is 1.94. The summed E-state index contributed by atoms with van der Waals surface area (Å²) in [4.78, 5) is 10.6. The van der Waals surface area contributed by atoms with Crippen molar-refractivity contribution in [1.29, 1.82) is 0 Å². The van der Waals surface area contributed by atoms with Crippen molar-refractivity contribution in [3.63, 3.8) is 0 Å². The van der Waals surface area contributed by atoms with Crippen molar-refractivity contribution >= 4 is 5.97 Å². The van der Waals surface area contributed by atoms with Gasteiger partial charge in [-0.25, -0.2) is 4.79 Å². The molecule has 0 saturated carbocycles. The summed E-state index contributed by atoms with van der Waals surface area (Å²) in [5.41, 5.74) is 2.26. The van der Waals surface area contributed by atoms with Crippen LogP contribution in [0.4, 0.5) is 0 Å². The Hall–Kier alpha value is -1.31. The third kappa shape index (κ3) is 1.84. The van der Waals surface area contributed by atoms with Gasteiger partial charge in [0.05, 0.1) is 5.56 Å². The molecule has 66 valence electrons. The predicted molar refractivity (Wildman–Crippen MR) is 49.6 cm³/mol. The first-order chi connectivity index (χ1) is 5.13. The van der Waals surface area contributed by atoms with Crippen molar-refractivity contribution in [2.24, 2.45) is 0 Å². The molecule has 0 radical (unpaired) electrons. The summed E-state index contributed by atoms with van der Waals surface area (Å²) < 4.78 is 0. The number of hydrogen-bond acceptors (Lipinski definition) is 1. The summed E-state index contributed by atoms with van der Waals surface area (Å²) in [6.45, 7) is 3.72. The molecule has 0 saturated heterocycles. The highest BCUT2D eigenvalue weighted by Crippen LogP contribution is 2.11. The quantitative estimate of drug-likeness (QED) is 0.696. The van der Waals surface area contributed by atoms with E-state index < -0.39 is 5.97 Å². The second kappa shape index (κ2) is 3.90. The van der Waals surface area contributed by atoms with Crippen LogP contribution in [0, 0.1) is 13.8 Å². The third-order valence-corrected chi connectivity index (χ3v) is 1.84. The molecule has 0 amide bonds. The van der Waals surface area contributed by atoms with Gasteiger partial charge in [0.15, 0.2) is 0 Å². The molecule has 0 spiro atoms. The fourth-order valence-electron chi connectivity index (χ4n) is 0.983. The van der Waals surface area contributed by atoms with E-state index in [0.29, 0.717) is 5.56 Å². The second-order valence-electron chi connectivity index (χ2n) is 2.55. The maximum absolute atomic E-state index is 10.6. The summed E-state index contributed by atoms with van der Waals surface area (Å²) in [7, 11) is 0. The Kier molecular flexibility index (Phi) is 3.48. The summed E-state index contributed by atoms with van der Waals surface area (Å²) in [5, 5.41) is 8.69. The summed E-state index contributed by atoms with van der Waals surface area (Å²) >= 11 is 0. The Labute approximate surface area is 72.9 Å². The van der Waals surface area contributed by atoms with E-state index in [1.54, 1.807) is 12.1 Å². The number of benzene rings is 1. The van der Waals surface area contributed by atoms with Crippen LogP contribution in [-0.4, -0.2) is 11.1 Å². The summed E-state index contributed by atoms with van der Waals surface area (Å²) in [5.74, 6) is -0.855. The molecule has 0 fully saturated rings. The minimum atomic E-state index is -0.855. The molecule has 1 aromatic rings. The van der Waals surface area contributed by atoms with Crippen molar-refractivity contribution in [2.45, 2.75) is 21.3 Å². The van der Waals surface area contributed by atoms with Gasteiger partial charge in [0.1, 0.15) is 0 Å². The Bertz CT molecular complexity index is 290. The Morgan fingerprint density at radius 2 is 1.92 bits per heavy atom. The number of rotatable bonds is 1. The lowest BCUT2D eigenvalue weighted by Gasteiger charge is -2.02. The highest BCUT2D eigenvalue weighted by atomic mass is 16.4. The number of carboxylic acid groups (broad SMARTS) is 1. The maximum atomic E-state index is 10.6. The minimum absolute atomic E-state index is 0. The number of aryl methyl sites for hydroxylation is 1. The van der Waals surface area contributed by atoms with E-state index in [1.807, 2.05) is 19.9 Å². The molecule has 0 aromatic heterocycles. The summed E-state index contributed by atoms with van der Waals surface area (Å²) in [6.07, 6.45) is 0. The van der Waals surface area contributed by atoms with E-state index in [0.717, 1.165) is 11.1 Å². The lowest BCUT2D eigenvalue weighted by atomic mass is 10.0. The molecule has 0 atom stereocenters. The zero-order chi connectivity index (χ0) is 8.43. The molecule has 0 aliphatic heterocycles. The van der Waals surface area contributed by atoms with Gasteiger partial charge in [0.25, 0.3) is 0 Å². The monoisotopic (exact) mass is 166 g/mol. The molecule has 0 unspecified atom stereocenters. The van der Waals surface area contributed by atoms with Crippen LogP contribution in [0.5, 0.6) is 0 Å². The molecule has 2 nitrogen and oxygen atoms in total. The number of carboxylic acids is 1. The topological polar surface area (TPSA) is 37.3 Å². The number of carbonyl (C=O) groups is 1. The van der Waals surface area contributed by atoms with E-state index in [4.69, 9.17) is 5.11 Å². The first-order valence-electron chi connectivity index (χ1n) is 3.42. The maximum Gasteiger partial charge on any atom is 0.335 e. The molecule has 1 rings (SSSR count). The molecule has 0 aliphatic rings. The van der Waals surface area contributed by atoms with Crippen LogP contribution in [0.15, 0.2) is 18.2 Å². The van der Waals surface area contributed by atoms with Crippen molar-refractivity contribution in [3.8, 4) is 0 Å². The highest BCUT2D eigenvalue weighted by molar-refractivity contribution is 5.89. The molecular weight excluding hydrogens is 152 g/mol.